The van der Waals surface area contributed by atoms with Crippen molar-refractivity contribution in [2.75, 3.05) is 6.54 Å². The zero-order valence-electron chi connectivity index (χ0n) is 8.15. The van der Waals surface area contributed by atoms with Gasteiger partial charge >= 0.3 is 0 Å². The van der Waals surface area contributed by atoms with E-state index in [1.165, 1.54) is 6.42 Å². The Balaban J connectivity index is 2.40. The fourth-order valence-electron chi connectivity index (χ4n) is 2.48. The van der Waals surface area contributed by atoms with Gasteiger partial charge < -0.3 is 5.32 Å². The van der Waals surface area contributed by atoms with E-state index in [1.807, 2.05) is 0 Å². The second kappa shape index (κ2) is 2.46. The van der Waals surface area contributed by atoms with Crippen molar-refractivity contribution in [1.82, 2.24) is 5.32 Å². The van der Waals surface area contributed by atoms with Crippen LogP contribution in [0.4, 0.5) is 0 Å². The molecule has 0 bridgehead atoms. The van der Waals surface area contributed by atoms with Crippen LogP contribution in [0, 0.1) is 5.41 Å². The van der Waals surface area contributed by atoms with Crippen molar-refractivity contribution in [2.24, 2.45) is 5.41 Å². The molecule has 0 saturated heterocycles. The highest BCUT2D eigenvalue weighted by Crippen LogP contribution is 2.41. The summed E-state index contributed by atoms with van der Waals surface area (Å²) < 4.78 is 0. The van der Waals surface area contributed by atoms with Gasteiger partial charge in [-0.05, 0) is 31.0 Å². The minimum atomic E-state index is 0.294. The molecule has 2 rings (SSSR count). The van der Waals surface area contributed by atoms with E-state index >= 15 is 0 Å². The minimum Gasteiger partial charge on any atom is -0.310 e. The van der Waals surface area contributed by atoms with E-state index < -0.39 is 0 Å². The van der Waals surface area contributed by atoms with Crippen molar-refractivity contribution < 1.29 is 0 Å². The first kappa shape index (κ1) is 8.06. The Labute approximate surface area is 74.5 Å². The molecular weight excluding hydrogens is 146 g/mol. The number of rotatable bonds is 0. The van der Waals surface area contributed by atoms with Gasteiger partial charge in [0, 0.05) is 11.5 Å². The zero-order valence-corrected chi connectivity index (χ0v) is 8.15. The molecule has 1 aliphatic heterocycles. The van der Waals surface area contributed by atoms with E-state index in [-0.39, 0.29) is 0 Å². The molecule has 1 unspecified atom stereocenters. The monoisotopic (exact) mass is 163 g/mol. The Morgan fingerprint density at radius 3 is 2.92 bits per heavy atom. The largest absolute Gasteiger partial charge is 0.310 e. The highest BCUT2D eigenvalue weighted by molar-refractivity contribution is 5.44. The van der Waals surface area contributed by atoms with Crippen LogP contribution in [0.1, 0.15) is 27.2 Å². The summed E-state index contributed by atoms with van der Waals surface area (Å²) in [6.45, 7) is 8.01. The number of nitrogens with one attached hydrogen (secondary N) is 1. The van der Waals surface area contributed by atoms with Crippen LogP contribution >= 0.6 is 0 Å². The molecule has 0 spiro atoms. The Kier molecular flexibility index (Phi) is 1.65. The molecule has 66 valence electrons. The fraction of sp³-hybridized carbons (Fsp3) is 0.636. The van der Waals surface area contributed by atoms with Gasteiger partial charge in [0.25, 0.3) is 0 Å². The third-order valence-corrected chi connectivity index (χ3v) is 3.02. The summed E-state index contributed by atoms with van der Waals surface area (Å²) in [5.74, 6) is 0. The molecule has 1 heterocycles. The summed E-state index contributed by atoms with van der Waals surface area (Å²) in [6.07, 6.45) is 5.85. The van der Waals surface area contributed by atoms with Crippen LogP contribution in [-0.4, -0.2) is 12.6 Å². The van der Waals surface area contributed by atoms with Gasteiger partial charge in [0.2, 0.25) is 0 Å². The molecule has 12 heavy (non-hydrogen) atoms. The third kappa shape index (κ3) is 1.04. The lowest BCUT2D eigenvalue weighted by Gasteiger charge is -2.31. The quantitative estimate of drug-likeness (QED) is 0.577. The second-order valence-electron chi connectivity index (χ2n) is 4.42. The molecule has 0 radical (unpaired) electrons. The van der Waals surface area contributed by atoms with E-state index in [0.717, 1.165) is 6.54 Å². The summed E-state index contributed by atoms with van der Waals surface area (Å²) in [6, 6.07) is 0.568. The maximum Gasteiger partial charge on any atom is 0.0265 e. The Morgan fingerprint density at radius 1 is 1.50 bits per heavy atom. The maximum atomic E-state index is 3.51. The van der Waals surface area contributed by atoms with Crippen LogP contribution in [-0.2, 0) is 0 Å². The predicted octanol–water partition coefficient (Wildman–Crippen LogP) is 2.26. The summed E-state index contributed by atoms with van der Waals surface area (Å²) >= 11 is 0. The van der Waals surface area contributed by atoms with E-state index in [1.54, 1.807) is 11.1 Å². The second-order valence-corrected chi connectivity index (χ2v) is 4.42. The van der Waals surface area contributed by atoms with Gasteiger partial charge in [-0.2, -0.15) is 0 Å². The van der Waals surface area contributed by atoms with E-state index in [9.17, 15) is 0 Å². The first-order valence-electron chi connectivity index (χ1n) is 4.77. The van der Waals surface area contributed by atoms with Crippen LogP contribution in [0.5, 0.6) is 0 Å². The van der Waals surface area contributed by atoms with E-state index in [2.05, 4.69) is 38.2 Å². The van der Waals surface area contributed by atoms with Gasteiger partial charge in [0.15, 0.2) is 0 Å². The van der Waals surface area contributed by atoms with Gasteiger partial charge in [0.1, 0.15) is 0 Å². The Hall–Kier alpha value is -0.560. The molecule has 1 nitrogen and oxygen atoms in total. The molecule has 2 aliphatic rings. The SMILES string of the molecule is CC1NCCC2=C1C(C)(C)C=C2. The number of hydrogen-bond acceptors (Lipinski definition) is 1. The fourth-order valence-corrected chi connectivity index (χ4v) is 2.48. The molecule has 0 saturated carbocycles. The lowest BCUT2D eigenvalue weighted by atomic mass is 9.80. The predicted molar refractivity (Wildman–Crippen MR) is 52.0 cm³/mol. The molecule has 0 aromatic carbocycles. The highest BCUT2D eigenvalue weighted by atomic mass is 14.9. The lowest BCUT2D eigenvalue weighted by molar-refractivity contribution is 0.468. The van der Waals surface area contributed by atoms with Crippen molar-refractivity contribution in [3.8, 4) is 0 Å². The number of allylic oxidation sites excluding steroid dienone is 2. The molecule has 1 N–H and O–H groups in total. The standard InChI is InChI=1S/C11H17N/c1-8-10-9(5-7-12-8)4-6-11(10,2)3/h4,6,8,12H,5,7H2,1-3H3. The Bertz CT molecular complexity index is 258. The van der Waals surface area contributed by atoms with Crippen LogP contribution in [0.2, 0.25) is 0 Å². The van der Waals surface area contributed by atoms with Crippen molar-refractivity contribution in [1.29, 1.82) is 0 Å². The van der Waals surface area contributed by atoms with Crippen molar-refractivity contribution in [3.63, 3.8) is 0 Å². The maximum absolute atomic E-state index is 3.51. The molecule has 1 aliphatic carbocycles. The molecule has 0 fully saturated rings. The molecule has 1 heteroatoms. The third-order valence-electron chi connectivity index (χ3n) is 3.02. The van der Waals surface area contributed by atoms with Gasteiger partial charge in [-0.15, -0.1) is 0 Å². The van der Waals surface area contributed by atoms with Gasteiger partial charge in [0.05, 0.1) is 0 Å². The highest BCUT2D eigenvalue weighted by Gasteiger charge is 2.32. The summed E-state index contributed by atoms with van der Waals surface area (Å²) in [7, 11) is 0. The summed E-state index contributed by atoms with van der Waals surface area (Å²) in [4.78, 5) is 0. The minimum absolute atomic E-state index is 0.294. The first-order chi connectivity index (χ1) is 5.61. The molecule has 0 aromatic heterocycles. The molecule has 0 amide bonds. The van der Waals surface area contributed by atoms with E-state index in [4.69, 9.17) is 0 Å². The molecule has 0 aromatic rings. The van der Waals surface area contributed by atoms with E-state index in [0.29, 0.717) is 11.5 Å². The van der Waals surface area contributed by atoms with Crippen LogP contribution in [0.3, 0.4) is 0 Å². The molecular formula is C11H17N. The normalized spacial score (nSPS) is 32.4. The summed E-state index contributed by atoms with van der Waals surface area (Å²) in [5, 5.41) is 3.51. The van der Waals surface area contributed by atoms with Gasteiger partial charge in [-0.1, -0.05) is 26.0 Å². The zero-order chi connectivity index (χ0) is 8.77. The lowest BCUT2D eigenvalue weighted by Crippen LogP contribution is -2.37. The van der Waals surface area contributed by atoms with Gasteiger partial charge in [-0.25, -0.2) is 0 Å². The van der Waals surface area contributed by atoms with Crippen molar-refractivity contribution >= 4 is 0 Å². The topological polar surface area (TPSA) is 12.0 Å². The Morgan fingerprint density at radius 2 is 2.25 bits per heavy atom. The molecule has 1 atom stereocenters. The van der Waals surface area contributed by atoms with Crippen molar-refractivity contribution in [3.05, 3.63) is 23.3 Å². The first-order valence-corrected chi connectivity index (χ1v) is 4.77. The van der Waals surface area contributed by atoms with Crippen LogP contribution in [0.15, 0.2) is 23.3 Å². The van der Waals surface area contributed by atoms with Crippen molar-refractivity contribution in [2.45, 2.75) is 33.2 Å². The summed E-state index contributed by atoms with van der Waals surface area (Å²) in [5.41, 5.74) is 3.47. The van der Waals surface area contributed by atoms with Crippen LogP contribution in [0.25, 0.3) is 0 Å². The average molecular weight is 163 g/mol. The van der Waals surface area contributed by atoms with Gasteiger partial charge in [-0.3, -0.25) is 0 Å². The number of hydrogen-bond donors (Lipinski definition) is 1. The average Bonchev–Trinajstić information content (AvgIpc) is 2.29. The van der Waals surface area contributed by atoms with Crippen LogP contribution < -0.4 is 5.32 Å². The smallest absolute Gasteiger partial charge is 0.0265 e.